The molecule has 1 N–H and O–H groups in total. The Balaban J connectivity index is 2.13. The number of thiazole rings is 1. The number of aryl methyl sites for hydroxylation is 1. The molecule has 0 spiro atoms. The van der Waals surface area contributed by atoms with Crippen molar-refractivity contribution in [3.8, 4) is 0 Å². The first-order valence-electron chi connectivity index (χ1n) is 6.57. The van der Waals surface area contributed by atoms with E-state index in [4.69, 9.17) is 11.6 Å². The molecule has 0 aliphatic heterocycles. The van der Waals surface area contributed by atoms with Crippen molar-refractivity contribution in [2.45, 2.75) is 26.9 Å². The Labute approximate surface area is 128 Å². The van der Waals surface area contributed by atoms with Gasteiger partial charge in [-0.2, -0.15) is 0 Å². The summed E-state index contributed by atoms with van der Waals surface area (Å²) >= 11 is 7.85. The van der Waals surface area contributed by atoms with Gasteiger partial charge < -0.3 is 10.2 Å². The van der Waals surface area contributed by atoms with Gasteiger partial charge in [0.05, 0.1) is 22.8 Å². The number of hydrogen-bond donors (Lipinski definition) is 1. The molecule has 0 saturated carbocycles. The van der Waals surface area contributed by atoms with Crippen molar-refractivity contribution in [2.24, 2.45) is 0 Å². The van der Waals surface area contributed by atoms with Crippen molar-refractivity contribution >= 4 is 28.8 Å². The number of nitrogens with zero attached hydrogens (tertiary/aromatic N) is 3. The summed E-state index contributed by atoms with van der Waals surface area (Å²) in [6.45, 7) is 6.61. The van der Waals surface area contributed by atoms with E-state index < -0.39 is 0 Å². The van der Waals surface area contributed by atoms with Crippen LogP contribution < -0.4 is 10.2 Å². The van der Waals surface area contributed by atoms with Gasteiger partial charge in [-0.15, -0.1) is 11.3 Å². The van der Waals surface area contributed by atoms with E-state index in [-0.39, 0.29) is 0 Å². The van der Waals surface area contributed by atoms with Crippen LogP contribution in [-0.2, 0) is 13.1 Å². The van der Waals surface area contributed by atoms with Crippen LogP contribution in [0, 0.1) is 6.92 Å². The predicted molar refractivity (Wildman–Crippen MR) is 85.6 cm³/mol. The fraction of sp³-hybridized carbons (Fsp3) is 0.429. The first-order valence-corrected chi connectivity index (χ1v) is 7.82. The zero-order valence-corrected chi connectivity index (χ0v) is 13.6. The summed E-state index contributed by atoms with van der Waals surface area (Å²) in [5, 5.41) is 3.99. The standard InChI is InChI=1S/C14H19ClN4S/c1-4-16-6-11-5-14(17-7-12(11)15)19(3)8-13-10(2)18-9-20-13/h5,7,9,16H,4,6,8H2,1-3H3. The Morgan fingerprint density at radius 2 is 2.20 bits per heavy atom. The molecule has 0 aliphatic rings. The highest BCUT2D eigenvalue weighted by atomic mass is 35.5. The van der Waals surface area contributed by atoms with Crippen LogP contribution in [0.5, 0.6) is 0 Å². The van der Waals surface area contributed by atoms with Crippen LogP contribution in [0.15, 0.2) is 17.8 Å². The molecule has 20 heavy (non-hydrogen) atoms. The molecule has 0 atom stereocenters. The largest absolute Gasteiger partial charge is 0.354 e. The minimum Gasteiger partial charge on any atom is -0.354 e. The van der Waals surface area contributed by atoms with Crippen LogP contribution in [0.25, 0.3) is 0 Å². The fourth-order valence-corrected chi connectivity index (χ4v) is 2.85. The Morgan fingerprint density at radius 1 is 1.40 bits per heavy atom. The van der Waals surface area contributed by atoms with Gasteiger partial charge in [-0.1, -0.05) is 18.5 Å². The van der Waals surface area contributed by atoms with E-state index in [9.17, 15) is 0 Å². The molecule has 0 unspecified atom stereocenters. The van der Waals surface area contributed by atoms with Crippen molar-refractivity contribution in [3.05, 3.63) is 38.9 Å². The summed E-state index contributed by atoms with van der Waals surface area (Å²) in [6, 6.07) is 2.04. The molecule has 6 heteroatoms. The molecule has 2 aromatic heterocycles. The molecule has 0 amide bonds. The molecule has 0 fully saturated rings. The Hall–Kier alpha value is -1.17. The molecule has 0 saturated heterocycles. The van der Waals surface area contributed by atoms with Gasteiger partial charge in [0.1, 0.15) is 5.82 Å². The zero-order valence-electron chi connectivity index (χ0n) is 12.0. The van der Waals surface area contributed by atoms with Gasteiger partial charge in [0.25, 0.3) is 0 Å². The molecule has 2 rings (SSSR count). The van der Waals surface area contributed by atoms with E-state index in [2.05, 4.69) is 27.1 Å². The van der Waals surface area contributed by atoms with Crippen molar-refractivity contribution < 1.29 is 0 Å². The smallest absolute Gasteiger partial charge is 0.128 e. The lowest BCUT2D eigenvalue weighted by molar-refractivity contribution is 0.725. The minimum atomic E-state index is 0.706. The van der Waals surface area contributed by atoms with Gasteiger partial charge in [0, 0.05) is 24.7 Å². The molecule has 0 radical (unpaired) electrons. The highest BCUT2D eigenvalue weighted by Gasteiger charge is 2.10. The topological polar surface area (TPSA) is 41.0 Å². The van der Waals surface area contributed by atoms with Crippen LogP contribution in [0.4, 0.5) is 5.82 Å². The quantitative estimate of drug-likeness (QED) is 0.889. The van der Waals surface area contributed by atoms with E-state index in [1.165, 1.54) is 4.88 Å². The second kappa shape index (κ2) is 7.02. The summed E-state index contributed by atoms with van der Waals surface area (Å²) in [5.41, 5.74) is 4.04. The summed E-state index contributed by atoms with van der Waals surface area (Å²) in [4.78, 5) is 12.1. The maximum absolute atomic E-state index is 6.18. The van der Waals surface area contributed by atoms with Gasteiger partial charge >= 0.3 is 0 Å². The lowest BCUT2D eigenvalue weighted by atomic mass is 10.2. The van der Waals surface area contributed by atoms with Gasteiger partial charge in [0.15, 0.2) is 0 Å². The number of halogens is 1. The molecule has 0 aromatic carbocycles. The normalized spacial score (nSPS) is 10.8. The third kappa shape index (κ3) is 3.69. The third-order valence-electron chi connectivity index (χ3n) is 3.10. The molecule has 4 nitrogen and oxygen atoms in total. The molecule has 2 heterocycles. The molecular formula is C14H19ClN4S. The monoisotopic (exact) mass is 310 g/mol. The SMILES string of the molecule is CCNCc1cc(N(C)Cc2scnc2C)ncc1Cl. The van der Waals surface area contributed by atoms with Crippen molar-refractivity contribution in [1.82, 2.24) is 15.3 Å². The second-order valence-electron chi connectivity index (χ2n) is 4.63. The highest BCUT2D eigenvalue weighted by molar-refractivity contribution is 7.09. The number of aromatic nitrogens is 2. The van der Waals surface area contributed by atoms with E-state index in [1.807, 2.05) is 25.5 Å². The lowest BCUT2D eigenvalue weighted by Gasteiger charge is -2.19. The van der Waals surface area contributed by atoms with E-state index in [1.54, 1.807) is 17.5 Å². The van der Waals surface area contributed by atoms with Crippen LogP contribution in [0.2, 0.25) is 5.02 Å². The lowest BCUT2D eigenvalue weighted by Crippen LogP contribution is -2.19. The number of anilines is 1. The van der Waals surface area contributed by atoms with E-state index >= 15 is 0 Å². The fourth-order valence-electron chi connectivity index (χ4n) is 1.85. The Morgan fingerprint density at radius 3 is 2.85 bits per heavy atom. The molecular weight excluding hydrogens is 292 g/mol. The number of rotatable bonds is 6. The Bertz CT molecular complexity index is 570. The maximum Gasteiger partial charge on any atom is 0.128 e. The molecule has 0 aliphatic carbocycles. The van der Waals surface area contributed by atoms with Crippen molar-refractivity contribution in [3.63, 3.8) is 0 Å². The minimum absolute atomic E-state index is 0.706. The van der Waals surface area contributed by atoms with Crippen molar-refractivity contribution in [1.29, 1.82) is 0 Å². The van der Waals surface area contributed by atoms with Gasteiger partial charge in [-0.3, -0.25) is 0 Å². The summed E-state index contributed by atoms with van der Waals surface area (Å²) in [5.74, 6) is 0.926. The summed E-state index contributed by atoms with van der Waals surface area (Å²) < 4.78 is 0. The molecule has 0 bridgehead atoms. The average molecular weight is 311 g/mol. The third-order valence-corrected chi connectivity index (χ3v) is 4.36. The second-order valence-corrected chi connectivity index (χ2v) is 5.98. The van der Waals surface area contributed by atoms with E-state index in [0.29, 0.717) is 5.02 Å². The average Bonchev–Trinajstić information content (AvgIpc) is 2.83. The predicted octanol–water partition coefficient (Wildman–Crippen LogP) is 3.25. The van der Waals surface area contributed by atoms with Crippen LogP contribution >= 0.6 is 22.9 Å². The molecule has 2 aromatic rings. The summed E-state index contributed by atoms with van der Waals surface area (Å²) in [6.07, 6.45) is 1.72. The zero-order chi connectivity index (χ0) is 14.5. The van der Waals surface area contributed by atoms with Crippen LogP contribution in [0.3, 0.4) is 0 Å². The number of hydrogen-bond acceptors (Lipinski definition) is 5. The van der Waals surface area contributed by atoms with E-state index in [0.717, 1.165) is 36.7 Å². The van der Waals surface area contributed by atoms with Crippen LogP contribution in [-0.4, -0.2) is 23.6 Å². The Kier molecular flexibility index (Phi) is 5.34. The van der Waals surface area contributed by atoms with Gasteiger partial charge in [0.2, 0.25) is 0 Å². The van der Waals surface area contributed by atoms with Gasteiger partial charge in [-0.25, -0.2) is 9.97 Å². The highest BCUT2D eigenvalue weighted by Crippen LogP contribution is 2.22. The first-order chi connectivity index (χ1) is 9.61. The first kappa shape index (κ1) is 15.2. The number of nitrogens with one attached hydrogen (secondary N) is 1. The van der Waals surface area contributed by atoms with Crippen molar-refractivity contribution in [2.75, 3.05) is 18.5 Å². The number of pyridine rings is 1. The van der Waals surface area contributed by atoms with Gasteiger partial charge in [-0.05, 0) is 25.1 Å². The van der Waals surface area contributed by atoms with Crippen LogP contribution in [0.1, 0.15) is 23.1 Å². The molecule has 108 valence electrons. The summed E-state index contributed by atoms with van der Waals surface area (Å²) in [7, 11) is 2.03. The maximum atomic E-state index is 6.18.